The lowest BCUT2D eigenvalue weighted by molar-refractivity contribution is 0.0724. The van der Waals surface area contributed by atoms with E-state index in [1.165, 1.54) is 0 Å². The molecule has 0 aliphatic heterocycles. The summed E-state index contributed by atoms with van der Waals surface area (Å²) in [5.41, 5.74) is 0.514. The third kappa shape index (κ3) is 3.52. The van der Waals surface area contributed by atoms with Gasteiger partial charge < -0.3 is 4.43 Å². The van der Waals surface area contributed by atoms with E-state index in [-0.39, 0.29) is 5.97 Å². The van der Waals surface area contributed by atoms with Gasteiger partial charge in [-0.3, -0.25) is 0 Å². The van der Waals surface area contributed by atoms with Crippen LogP contribution in [0, 0.1) is 0 Å². The molecule has 0 unspecified atom stereocenters. The van der Waals surface area contributed by atoms with Crippen LogP contribution >= 0.6 is 11.6 Å². The predicted octanol–water partition coefficient (Wildman–Crippen LogP) is 3.33. The molecule has 4 heteroatoms. The van der Waals surface area contributed by atoms with Crippen molar-refractivity contribution in [3.05, 3.63) is 34.9 Å². The lowest BCUT2D eigenvalue weighted by Crippen LogP contribution is -2.29. The van der Waals surface area contributed by atoms with Crippen LogP contribution in [0.4, 0.5) is 0 Å². The van der Waals surface area contributed by atoms with E-state index < -0.39 is 8.32 Å². The maximum atomic E-state index is 11.6. The minimum Gasteiger partial charge on any atom is -0.516 e. The highest BCUT2D eigenvalue weighted by atomic mass is 35.5. The van der Waals surface area contributed by atoms with Gasteiger partial charge in [0, 0.05) is 5.02 Å². The summed E-state index contributed by atoms with van der Waals surface area (Å²) in [6.45, 7) is 5.90. The second kappa shape index (κ2) is 4.15. The van der Waals surface area contributed by atoms with E-state index in [0.717, 1.165) is 0 Å². The summed E-state index contributed by atoms with van der Waals surface area (Å²) < 4.78 is 5.32. The topological polar surface area (TPSA) is 26.3 Å². The average Bonchev–Trinajstić information content (AvgIpc) is 2.01. The normalized spacial score (nSPS) is 11.1. The van der Waals surface area contributed by atoms with E-state index in [9.17, 15) is 4.79 Å². The molecule has 14 heavy (non-hydrogen) atoms. The van der Waals surface area contributed by atoms with Crippen molar-refractivity contribution in [2.24, 2.45) is 0 Å². The molecular weight excluding hydrogens is 216 g/mol. The molecule has 0 heterocycles. The number of halogens is 1. The molecule has 76 valence electrons. The van der Waals surface area contributed by atoms with Gasteiger partial charge in [-0.25, -0.2) is 4.79 Å². The van der Waals surface area contributed by atoms with Crippen LogP contribution in [0.3, 0.4) is 0 Å². The van der Waals surface area contributed by atoms with Crippen molar-refractivity contribution in [3.63, 3.8) is 0 Å². The molecule has 0 spiro atoms. The molecule has 1 rings (SSSR count). The maximum Gasteiger partial charge on any atom is 0.324 e. The van der Waals surface area contributed by atoms with Crippen LogP contribution in [0.1, 0.15) is 10.4 Å². The van der Waals surface area contributed by atoms with Gasteiger partial charge in [0.05, 0.1) is 5.56 Å². The Morgan fingerprint density at radius 3 is 2.50 bits per heavy atom. The van der Waals surface area contributed by atoms with E-state index in [4.69, 9.17) is 16.0 Å². The van der Waals surface area contributed by atoms with Crippen LogP contribution in [0.5, 0.6) is 0 Å². The molecule has 0 saturated carbocycles. The Morgan fingerprint density at radius 1 is 1.36 bits per heavy atom. The number of rotatable bonds is 2. The highest BCUT2D eigenvalue weighted by Crippen LogP contribution is 2.14. The Balaban J connectivity index is 2.80. The van der Waals surface area contributed by atoms with Crippen molar-refractivity contribution in [3.8, 4) is 0 Å². The predicted molar refractivity (Wildman–Crippen MR) is 60.2 cm³/mol. The SMILES string of the molecule is C[Si](C)(C)OC(=O)c1cccc(Cl)c1. The van der Waals surface area contributed by atoms with Crippen molar-refractivity contribution in [2.45, 2.75) is 19.6 Å². The van der Waals surface area contributed by atoms with Crippen molar-refractivity contribution < 1.29 is 9.22 Å². The second-order valence-corrected chi connectivity index (χ2v) is 8.88. The van der Waals surface area contributed by atoms with Crippen molar-refractivity contribution in [1.29, 1.82) is 0 Å². The Bertz CT molecular complexity index is 344. The molecule has 0 amide bonds. The van der Waals surface area contributed by atoms with Gasteiger partial charge in [-0.2, -0.15) is 0 Å². The molecule has 0 bridgehead atoms. The Hall–Kier alpha value is -0.803. The zero-order valence-corrected chi connectivity index (χ0v) is 10.3. The number of benzene rings is 1. The lowest BCUT2D eigenvalue weighted by Gasteiger charge is -2.17. The molecule has 1 aromatic carbocycles. The summed E-state index contributed by atoms with van der Waals surface area (Å²) in [6, 6.07) is 6.79. The molecule has 0 saturated heterocycles. The zero-order valence-electron chi connectivity index (χ0n) is 8.50. The molecule has 0 aliphatic carbocycles. The monoisotopic (exact) mass is 228 g/mol. The van der Waals surface area contributed by atoms with E-state index in [0.29, 0.717) is 10.6 Å². The molecule has 0 N–H and O–H groups in total. The summed E-state index contributed by atoms with van der Waals surface area (Å²) in [7, 11) is -1.81. The van der Waals surface area contributed by atoms with Crippen molar-refractivity contribution in [1.82, 2.24) is 0 Å². The first kappa shape index (κ1) is 11.3. The minimum atomic E-state index is -1.81. The quantitative estimate of drug-likeness (QED) is 0.726. The average molecular weight is 229 g/mol. The van der Waals surface area contributed by atoms with Crippen molar-refractivity contribution in [2.75, 3.05) is 0 Å². The van der Waals surface area contributed by atoms with Crippen LogP contribution in [0.15, 0.2) is 24.3 Å². The molecule has 0 aliphatic rings. The second-order valence-electron chi connectivity index (χ2n) is 4.01. The smallest absolute Gasteiger partial charge is 0.324 e. The van der Waals surface area contributed by atoms with Crippen LogP contribution in [0.2, 0.25) is 24.7 Å². The van der Waals surface area contributed by atoms with Crippen LogP contribution in [-0.2, 0) is 4.43 Å². The van der Waals surface area contributed by atoms with Crippen LogP contribution in [-0.4, -0.2) is 14.3 Å². The summed E-state index contributed by atoms with van der Waals surface area (Å²) in [5, 5.41) is 0.551. The molecule has 0 fully saturated rings. The third-order valence-electron chi connectivity index (χ3n) is 1.46. The zero-order chi connectivity index (χ0) is 10.8. The summed E-state index contributed by atoms with van der Waals surface area (Å²) in [5.74, 6) is -0.285. The van der Waals surface area contributed by atoms with Crippen LogP contribution in [0.25, 0.3) is 0 Å². The Morgan fingerprint density at radius 2 is 2.00 bits per heavy atom. The first-order chi connectivity index (χ1) is 6.38. The van der Waals surface area contributed by atoms with E-state index in [1.807, 2.05) is 19.6 Å². The first-order valence-electron chi connectivity index (χ1n) is 4.37. The highest BCUT2D eigenvalue weighted by Gasteiger charge is 2.20. The molecule has 2 nitrogen and oxygen atoms in total. The minimum absolute atomic E-state index is 0.285. The summed E-state index contributed by atoms with van der Waals surface area (Å²) in [4.78, 5) is 11.6. The Kier molecular flexibility index (Phi) is 3.34. The molecule has 1 aromatic rings. The number of hydrogen-bond acceptors (Lipinski definition) is 2. The largest absolute Gasteiger partial charge is 0.516 e. The van der Waals surface area contributed by atoms with Gasteiger partial charge in [0.1, 0.15) is 0 Å². The molecule has 0 radical (unpaired) electrons. The fourth-order valence-corrected chi connectivity index (χ4v) is 1.82. The Labute approximate surface area is 90.0 Å². The van der Waals surface area contributed by atoms with Gasteiger partial charge in [0.2, 0.25) is 8.32 Å². The molecular formula is C10H13ClO2Si. The van der Waals surface area contributed by atoms with E-state index in [1.54, 1.807) is 24.3 Å². The fraction of sp³-hybridized carbons (Fsp3) is 0.300. The highest BCUT2D eigenvalue weighted by molar-refractivity contribution is 6.71. The standard InChI is InChI=1S/C10H13ClO2Si/c1-14(2,3)13-10(12)8-5-4-6-9(11)7-8/h4-7H,1-3H3. The first-order valence-corrected chi connectivity index (χ1v) is 8.16. The van der Waals surface area contributed by atoms with Gasteiger partial charge in [-0.05, 0) is 37.8 Å². The van der Waals surface area contributed by atoms with Gasteiger partial charge in [-0.15, -0.1) is 0 Å². The summed E-state index contributed by atoms with van der Waals surface area (Å²) >= 11 is 5.76. The fourth-order valence-electron chi connectivity index (χ4n) is 0.952. The molecule has 0 atom stereocenters. The van der Waals surface area contributed by atoms with Gasteiger partial charge in [-0.1, -0.05) is 17.7 Å². The van der Waals surface area contributed by atoms with E-state index in [2.05, 4.69) is 0 Å². The number of carbonyl (C=O) groups excluding carboxylic acids is 1. The maximum absolute atomic E-state index is 11.6. The van der Waals surface area contributed by atoms with Crippen molar-refractivity contribution >= 4 is 25.9 Å². The van der Waals surface area contributed by atoms with Gasteiger partial charge in [0.15, 0.2) is 0 Å². The van der Waals surface area contributed by atoms with Crippen LogP contribution < -0.4 is 0 Å². The van der Waals surface area contributed by atoms with Gasteiger partial charge >= 0.3 is 5.97 Å². The number of carbonyl (C=O) groups is 1. The van der Waals surface area contributed by atoms with E-state index >= 15 is 0 Å². The molecule has 0 aromatic heterocycles. The number of hydrogen-bond donors (Lipinski definition) is 0. The van der Waals surface area contributed by atoms with Gasteiger partial charge in [0.25, 0.3) is 0 Å². The summed E-state index contributed by atoms with van der Waals surface area (Å²) in [6.07, 6.45) is 0. The third-order valence-corrected chi connectivity index (χ3v) is 2.49. The lowest BCUT2D eigenvalue weighted by atomic mass is 10.2.